The Morgan fingerprint density at radius 3 is 2.83 bits per heavy atom. The van der Waals surface area contributed by atoms with Gasteiger partial charge in [0.1, 0.15) is 0 Å². The molecule has 3 heteroatoms. The molecule has 0 radical (unpaired) electrons. The molecule has 0 aliphatic heterocycles. The molecule has 1 unspecified atom stereocenters. The minimum atomic E-state index is -0.0601. The van der Waals surface area contributed by atoms with E-state index in [0.29, 0.717) is 0 Å². The number of benzene rings is 1. The highest BCUT2D eigenvalue weighted by Crippen LogP contribution is 2.27. The van der Waals surface area contributed by atoms with E-state index in [-0.39, 0.29) is 6.04 Å². The van der Waals surface area contributed by atoms with Crippen LogP contribution in [0.3, 0.4) is 0 Å². The van der Waals surface area contributed by atoms with Crippen molar-refractivity contribution in [3.8, 4) is 0 Å². The number of hydrogen-bond acceptors (Lipinski definition) is 3. The first-order valence-corrected chi connectivity index (χ1v) is 6.72. The van der Waals surface area contributed by atoms with E-state index in [1.54, 1.807) is 11.3 Å². The number of aryl methyl sites for hydroxylation is 1. The molecule has 1 atom stereocenters. The Morgan fingerprint density at radius 1 is 1.17 bits per heavy atom. The van der Waals surface area contributed by atoms with E-state index in [1.165, 1.54) is 9.75 Å². The molecule has 3 aromatic rings. The summed E-state index contributed by atoms with van der Waals surface area (Å²) in [5.41, 5.74) is 8.42. The second-order valence-electron chi connectivity index (χ2n) is 4.38. The fourth-order valence-corrected chi connectivity index (χ4v) is 2.97. The highest BCUT2D eigenvalue weighted by Gasteiger charge is 2.11. The zero-order valence-electron chi connectivity index (χ0n) is 10.1. The first-order valence-electron chi connectivity index (χ1n) is 5.90. The molecule has 0 bridgehead atoms. The van der Waals surface area contributed by atoms with Crippen LogP contribution >= 0.6 is 11.3 Å². The van der Waals surface area contributed by atoms with E-state index in [4.69, 9.17) is 5.73 Å². The maximum absolute atomic E-state index is 6.30. The van der Waals surface area contributed by atoms with Gasteiger partial charge in [-0.2, -0.15) is 0 Å². The highest BCUT2D eigenvalue weighted by molar-refractivity contribution is 7.12. The number of rotatable bonds is 2. The lowest BCUT2D eigenvalue weighted by molar-refractivity contribution is 0.895. The molecule has 0 saturated carbocycles. The molecule has 0 aliphatic carbocycles. The van der Waals surface area contributed by atoms with Crippen LogP contribution in [0.5, 0.6) is 0 Å². The van der Waals surface area contributed by atoms with Crippen molar-refractivity contribution < 1.29 is 0 Å². The molecule has 0 fully saturated rings. The Kier molecular flexibility index (Phi) is 2.86. The summed E-state index contributed by atoms with van der Waals surface area (Å²) in [5, 5.41) is 1.15. The normalized spacial score (nSPS) is 12.8. The van der Waals surface area contributed by atoms with E-state index in [1.807, 2.05) is 12.3 Å². The SMILES string of the molecule is Cc1ccc(C(N)c2ccc3cccnc3c2)s1. The Balaban J connectivity index is 2.03. The van der Waals surface area contributed by atoms with E-state index >= 15 is 0 Å². The minimum Gasteiger partial charge on any atom is -0.320 e. The zero-order chi connectivity index (χ0) is 12.5. The fraction of sp³-hybridized carbons (Fsp3) is 0.133. The van der Waals surface area contributed by atoms with Gasteiger partial charge >= 0.3 is 0 Å². The first-order chi connectivity index (χ1) is 8.74. The van der Waals surface area contributed by atoms with Crippen LogP contribution in [0, 0.1) is 6.92 Å². The molecule has 2 nitrogen and oxygen atoms in total. The Bertz CT molecular complexity index is 688. The van der Waals surface area contributed by atoms with Gasteiger partial charge in [0.05, 0.1) is 11.6 Å². The van der Waals surface area contributed by atoms with Gasteiger partial charge in [-0.05, 0) is 36.8 Å². The third-order valence-corrected chi connectivity index (χ3v) is 4.14. The topological polar surface area (TPSA) is 38.9 Å². The van der Waals surface area contributed by atoms with Gasteiger partial charge in [0, 0.05) is 21.3 Å². The van der Waals surface area contributed by atoms with E-state index < -0.39 is 0 Å². The van der Waals surface area contributed by atoms with Crippen LogP contribution in [-0.4, -0.2) is 4.98 Å². The number of nitrogens with two attached hydrogens (primary N) is 1. The molecule has 1 aromatic carbocycles. The van der Waals surface area contributed by atoms with Crippen LogP contribution in [0.4, 0.5) is 0 Å². The number of pyridine rings is 1. The van der Waals surface area contributed by atoms with Crippen molar-refractivity contribution in [3.63, 3.8) is 0 Å². The average Bonchev–Trinajstić information content (AvgIpc) is 2.84. The van der Waals surface area contributed by atoms with Crippen molar-refractivity contribution in [2.24, 2.45) is 5.73 Å². The zero-order valence-corrected chi connectivity index (χ0v) is 10.9. The number of fused-ring (bicyclic) bond motifs is 1. The van der Waals surface area contributed by atoms with Gasteiger partial charge in [-0.25, -0.2) is 0 Å². The molecule has 0 spiro atoms. The van der Waals surface area contributed by atoms with E-state index in [2.05, 4.69) is 48.3 Å². The van der Waals surface area contributed by atoms with Crippen molar-refractivity contribution >= 4 is 22.2 Å². The number of nitrogens with zero attached hydrogens (tertiary/aromatic N) is 1. The molecule has 18 heavy (non-hydrogen) atoms. The van der Waals surface area contributed by atoms with Crippen molar-refractivity contribution in [2.45, 2.75) is 13.0 Å². The van der Waals surface area contributed by atoms with Crippen LogP contribution in [-0.2, 0) is 0 Å². The summed E-state index contributed by atoms with van der Waals surface area (Å²) in [7, 11) is 0. The summed E-state index contributed by atoms with van der Waals surface area (Å²) in [5.74, 6) is 0. The predicted octanol–water partition coefficient (Wildman–Crippen LogP) is 3.65. The third kappa shape index (κ3) is 2.03. The third-order valence-electron chi connectivity index (χ3n) is 3.06. The highest BCUT2D eigenvalue weighted by atomic mass is 32.1. The standard InChI is InChI=1S/C15H14N2S/c1-10-4-7-14(18-10)15(16)12-6-5-11-3-2-8-17-13(11)9-12/h2-9,15H,16H2,1H3. The van der Waals surface area contributed by atoms with Crippen LogP contribution < -0.4 is 5.73 Å². The predicted molar refractivity (Wildman–Crippen MR) is 76.8 cm³/mol. The van der Waals surface area contributed by atoms with Crippen molar-refractivity contribution in [1.82, 2.24) is 4.98 Å². The summed E-state index contributed by atoms with van der Waals surface area (Å²) in [6.45, 7) is 2.10. The second-order valence-corrected chi connectivity index (χ2v) is 5.70. The molecule has 0 aliphatic rings. The maximum atomic E-state index is 6.30. The number of hydrogen-bond donors (Lipinski definition) is 1. The lowest BCUT2D eigenvalue weighted by Gasteiger charge is -2.10. The smallest absolute Gasteiger partial charge is 0.0705 e. The van der Waals surface area contributed by atoms with Gasteiger partial charge in [0.15, 0.2) is 0 Å². The van der Waals surface area contributed by atoms with Crippen LogP contribution in [0.1, 0.15) is 21.4 Å². The van der Waals surface area contributed by atoms with Gasteiger partial charge < -0.3 is 5.73 Å². The average molecular weight is 254 g/mol. The Hall–Kier alpha value is -1.71. The number of aromatic nitrogens is 1. The monoisotopic (exact) mass is 254 g/mol. The molecule has 0 saturated heterocycles. The molecular weight excluding hydrogens is 240 g/mol. The van der Waals surface area contributed by atoms with Crippen molar-refractivity contribution in [1.29, 1.82) is 0 Å². The molecule has 90 valence electrons. The molecule has 3 rings (SSSR count). The first kappa shape index (κ1) is 11.4. The van der Waals surface area contributed by atoms with Crippen molar-refractivity contribution in [3.05, 3.63) is 64.0 Å². The van der Waals surface area contributed by atoms with Gasteiger partial charge in [-0.1, -0.05) is 18.2 Å². The van der Waals surface area contributed by atoms with E-state index in [0.717, 1.165) is 16.5 Å². The van der Waals surface area contributed by atoms with Gasteiger partial charge in [-0.15, -0.1) is 11.3 Å². The summed E-state index contributed by atoms with van der Waals surface area (Å²) in [4.78, 5) is 6.86. The molecule has 2 heterocycles. The lowest BCUT2D eigenvalue weighted by atomic mass is 10.0. The summed E-state index contributed by atoms with van der Waals surface area (Å²) in [6.07, 6.45) is 1.81. The minimum absolute atomic E-state index is 0.0601. The van der Waals surface area contributed by atoms with E-state index in [9.17, 15) is 0 Å². The molecule has 2 N–H and O–H groups in total. The van der Waals surface area contributed by atoms with Crippen LogP contribution in [0.2, 0.25) is 0 Å². The van der Waals surface area contributed by atoms with Gasteiger partial charge in [0.25, 0.3) is 0 Å². The molecular formula is C15H14N2S. The van der Waals surface area contributed by atoms with Gasteiger partial charge in [-0.3, -0.25) is 4.98 Å². The Labute approximate surface area is 110 Å². The second kappa shape index (κ2) is 4.52. The fourth-order valence-electron chi connectivity index (χ4n) is 2.06. The van der Waals surface area contributed by atoms with Crippen molar-refractivity contribution in [2.75, 3.05) is 0 Å². The number of thiophene rings is 1. The lowest BCUT2D eigenvalue weighted by Crippen LogP contribution is -2.10. The van der Waals surface area contributed by atoms with Gasteiger partial charge in [0.2, 0.25) is 0 Å². The summed E-state index contributed by atoms with van der Waals surface area (Å²) in [6, 6.07) is 14.4. The molecule has 2 aromatic heterocycles. The quantitative estimate of drug-likeness (QED) is 0.758. The molecule has 0 amide bonds. The van der Waals surface area contributed by atoms with Crippen LogP contribution in [0.15, 0.2) is 48.7 Å². The summed E-state index contributed by atoms with van der Waals surface area (Å²) >= 11 is 1.75. The maximum Gasteiger partial charge on any atom is 0.0705 e. The summed E-state index contributed by atoms with van der Waals surface area (Å²) < 4.78 is 0. The van der Waals surface area contributed by atoms with Crippen LogP contribution in [0.25, 0.3) is 10.9 Å². The largest absolute Gasteiger partial charge is 0.320 e. The Morgan fingerprint density at radius 2 is 2.06 bits per heavy atom.